The topological polar surface area (TPSA) is 78.9 Å². The molecule has 0 fully saturated rings. The van der Waals surface area contributed by atoms with Crippen LogP contribution in [0.4, 0.5) is 0 Å². The third kappa shape index (κ3) is 2.33. The summed E-state index contributed by atoms with van der Waals surface area (Å²) in [6.45, 7) is 3.93. The minimum absolute atomic E-state index is 0.00117. The minimum atomic E-state index is -1.06. The lowest BCUT2D eigenvalue weighted by Crippen LogP contribution is -2.18. The highest BCUT2D eigenvalue weighted by atomic mass is 16.4. The number of carboxylic acids is 1. The van der Waals surface area contributed by atoms with Crippen LogP contribution in [0.2, 0.25) is 0 Å². The first-order chi connectivity index (χ1) is 6.44. The van der Waals surface area contributed by atoms with E-state index in [2.05, 4.69) is 11.2 Å². The largest absolute Gasteiger partial charge is 0.476 e. The van der Waals surface area contributed by atoms with Crippen molar-refractivity contribution in [3.63, 3.8) is 0 Å². The lowest BCUT2D eigenvalue weighted by molar-refractivity contribution is 0.0689. The molecule has 1 heterocycles. The van der Waals surface area contributed by atoms with Gasteiger partial charge in [-0.25, -0.2) is 4.79 Å². The molecule has 14 heavy (non-hydrogen) atoms. The Morgan fingerprint density at radius 3 is 2.86 bits per heavy atom. The van der Waals surface area contributed by atoms with Gasteiger partial charge in [-0.1, -0.05) is 0 Å². The van der Waals surface area contributed by atoms with Crippen LogP contribution in [0.3, 0.4) is 0 Å². The highest BCUT2D eigenvalue weighted by molar-refractivity contribution is 5.84. The predicted octanol–water partition coefficient (Wildman–Crippen LogP) is 1.13. The predicted molar refractivity (Wildman–Crippen MR) is 48.6 cm³/mol. The van der Waals surface area contributed by atoms with Gasteiger partial charge in [-0.2, -0.15) is 10.4 Å². The number of aromatic carboxylic acids is 1. The molecule has 0 atom stereocenters. The average Bonchev–Trinajstić information content (AvgIpc) is 2.52. The minimum Gasteiger partial charge on any atom is -0.476 e. The van der Waals surface area contributed by atoms with Crippen molar-refractivity contribution < 1.29 is 9.90 Å². The van der Waals surface area contributed by atoms with Crippen molar-refractivity contribution in [2.75, 3.05) is 0 Å². The standard InChI is InChI=1S/C9H11N3O2/c1-9(2,5-10)6-12-4-3-7(11-12)8(13)14/h3-4H,6H2,1-2H3,(H,13,14). The monoisotopic (exact) mass is 193 g/mol. The first-order valence-corrected chi connectivity index (χ1v) is 4.12. The number of hydrogen-bond acceptors (Lipinski definition) is 3. The molecule has 0 saturated carbocycles. The van der Waals surface area contributed by atoms with E-state index in [1.807, 2.05) is 0 Å². The van der Waals surface area contributed by atoms with Crippen molar-refractivity contribution >= 4 is 5.97 Å². The maximum Gasteiger partial charge on any atom is 0.356 e. The van der Waals surface area contributed by atoms with E-state index in [-0.39, 0.29) is 5.69 Å². The highest BCUT2D eigenvalue weighted by Crippen LogP contribution is 2.15. The number of rotatable bonds is 3. The van der Waals surface area contributed by atoms with Crippen molar-refractivity contribution in [2.24, 2.45) is 5.41 Å². The van der Waals surface area contributed by atoms with Crippen LogP contribution in [0.1, 0.15) is 24.3 Å². The smallest absolute Gasteiger partial charge is 0.356 e. The van der Waals surface area contributed by atoms with E-state index in [0.717, 1.165) is 0 Å². The zero-order valence-electron chi connectivity index (χ0n) is 8.06. The molecule has 0 aliphatic rings. The quantitative estimate of drug-likeness (QED) is 0.780. The second-order valence-electron chi connectivity index (χ2n) is 3.70. The summed E-state index contributed by atoms with van der Waals surface area (Å²) in [5, 5.41) is 21.2. The fourth-order valence-corrected chi connectivity index (χ4v) is 1.00. The summed E-state index contributed by atoms with van der Waals surface area (Å²) in [5.74, 6) is -1.06. The van der Waals surface area contributed by atoms with E-state index in [4.69, 9.17) is 10.4 Å². The molecule has 0 spiro atoms. The molecule has 1 N–H and O–H groups in total. The highest BCUT2D eigenvalue weighted by Gasteiger charge is 2.18. The van der Waals surface area contributed by atoms with Crippen LogP contribution >= 0.6 is 0 Å². The molecule has 0 aliphatic carbocycles. The van der Waals surface area contributed by atoms with Gasteiger partial charge in [0, 0.05) is 6.20 Å². The van der Waals surface area contributed by atoms with Crippen LogP contribution < -0.4 is 0 Å². The second kappa shape index (κ2) is 3.50. The van der Waals surface area contributed by atoms with Crippen LogP contribution in [0.5, 0.6) is 0 Å². The normalized spacial score (nSPS) is 10.9. The summed E-state index contributed by atoms with van der Waals surface area (Å²) < 4.78 is 1.46. The Balaban J connectivity index is 2.80. The van der Waals surface area contributed by atoms with Gasteiger partial charge in [0.05, 0.1) is 18.0 Å². The molecule has 0 amide bonds. The Bertz CT molecular complexity index is 387. The van der Waals surface area contributed by atoms with Gasteiger partial charge in [0.25, 0.3) is 0 Å². The van der Waals surface area contributed by atoms with Crippen LogP contribution in [-0.4, -0.2) is 20.9 Å². The van der Waals surface area contributed by atoms with E-state index < -0.39 is 11.4 Å². The van der Waals surface area contributed by atoms with E-state index in [1.165, 1.54) is 10.7 Å². The van der Waals surface area contributed by atoms with Gasteiger partial charge in [0.15, 0.2) is 5.69 Å². The maximum absolute atomic E-state index is 10.5. The first kappa shape index (κ1) is 10.3. The van der Waals surface area contributed by atoms with Gasteiger partial charge in [-0.05, 0) is 19.9 Å². The van der Waals surface area contributed by atoms with Gasteiger partial charge in [-0.15, -0.1) is 0 Å². The molecule has 0 radical (unpaired) electrons. The first-order valence-electron chi connectivity index (χ1n) is 4.12. The van der Waals surface area contributed by atoms with Crippen molar-refractivity contribution in [3.05, 3.63) is 18.0 Å². The molecule has 5 heteroatoms. The Labute approximate surface area is 81.6 Å². The zero-order valence-corrected chi connectivity index (χ0v) is 8.06. The molecular weight excluding hydrogens is 182 g/mol. The molecule has 1 rings (SSSR count). The number of hydrogen-bond donors (Lipinski definition) is 1. The van der Waals surface area contributed by atoms with Crippen LogP contribution in [0.25, 0.3) is 0 Å². The van der Waals surface area contributed by atoms with E-state index in [9.17, 15) is 4.79 Å². The van der Waals surface area contributed by atoms with Gasteiger partial charge < -0.3 is 5.11 Å². The summed E-state index contributed by atoms with van der Waals surface area (Å²) >= 11 is 0. The summed E-state index contributed by atoms with van der Waals surface area (Å²) in [7, 11) is 0. The molecule has 5 nitrogen and oxygen atoms in total. The Kier molecular flexibility index (Phi) is 2.56. The second-order valence-corrected chi connectivity index (χ2v) is 3.70. The van der Waals surface area contributed by atoms with Gasteiger partial charge >= 0.3 is 5.97 Å². The Morgan fingerprint density at radius 2 is 2.43 bits per heavy atom. The maximum atomic E-state index is 10.5. The van der Waals surface area contributed by atoms with Crippen LogP contribution in [-0.2, 0) is 6.54 Å². The number of nitrogens with zero attached hydrogens (tertiary/aromatic N) is 3. The molecular formula is C9H11N3O2. The van der Waals surface area contributed by atoms with Crippen molar-refractivity contribution in [3.8, 4) is 6.07 Å². The SMILES string of the molecule is CC(C)(C#N)Cn1ccc(C(=O)O)n1. The molecule has 0 saturated heterocycles. The van der Waals surface area contributed by atoms with Crippen molar-refractivity contribution in [2.45, 2.75) is 20.4 Å². The summed E-state index contributed by atoms with van der Waals surface area (Å²) in [5.41, 5.74) is -0.541. The zero-order chi connectivity index (χ0) is 10.8. The Hall–Kier alpha value is -1.83. The van der Waals surface area contributed by atoms with Crippen molar-refractivity contribution in [1.82, 2.24) is 9.78 Å². The molecule has 0 aromatic carbocycles. The number of aromatic nitrogens is 2. The molecule has 1 aromatic rings. The molecule has 1 aromatic heterocycles. The fraction of sp³-hybridized carbons (Fsp3) is 0.444. The van der Waals surface area contributed by atoms with E-state index >= 15 is 0 Å². The number of carbonyl (C=O) groups is 1. The molecule has 0 unspecified atom stereocenters. The average molecular weight is 193 g/mol. The molecule has 0 bridgehead atoms. The van der Waals surface area contributed by atoms with Crippen molar-refractivity contribution in [1.29, 1.82) is 5.26 Å². The van der Waals surface area contributed by atoms with Gasteiger partial charge in [0.1, 0.15) is 0 Å². The van der Waals surface area contributed by atoms with Crippen LogP contribution in [0, 0.1) is 16.7 Å². The Morgan fingerprint density at radius 1 is 1.79 bits per heavy atom. The summed E-state index contributed by atoms with van der Waals surface area (Å²) in [6, 6.07) is 3.53. The molecule has 0 aliphatic heterocycles. The van der Waals surface area contributed by atoms with E-state index in [1.54, 1.807) is 20.0 Å². The third-order valence-electron chi connectivity index (χ3n) is 1.72. The summed E-state index contributed by atoms with van der Waals surface area (Å²) in [6.07, 6.45) is 1.56. The lowest BCUT2D eigenvalue weighted by atomic mass is 9.96. The number of carboxylic acid groups (broad SMARTS) is 1. The summed E-state index contributed by atoms with van der Waals surface area (Å²) in [4.78, 5) is 10.5. The van der Waals surface area contributed by atoms with Gasteiger partial charge in [-0.3, -0.25) is 4.68 Å². The molecule has 74 valence electrons. The lowest BCUT2D eigenvalue weighted by Gasteiger charge is -2.14. The van der Waals surface area contributed by atoms with Gasteiger partial charge in [0.2, 0.25) is 0 Å². The third-order valence-corrected chi connectivity index (χ3v) is 1.72. The van der Waals surface area contributed by atoms with Crippen LogP contribution in [0.15, 0.2) is 12.3 Å². The fourth-order valence-electron chi connectivity index (χ4n) is 1.00. The van der Waals surface area contributed by atoms with E-state index in [0.29, 0.717) is 6.54 Å². The number of nitriles is 1.